The number of esters is 1. The minimum atomic E-state index is -0.597. The van der Waals surface area contributed by atoms with Crippen LogP contribution >= 0.6 is 15.9 Å². The van der Waals surface area contributed by atoms with Gasteiger partial charge in [-0.1, -0.05) is 22.0 Å². The second-order valence-corrected chi connectivity index (χ2v) is 7.24. The van der Waals surface area contributed by atoms with Crippen LogP contribution in [0.2, 0.25) is 0 Å². The lowest BCUT2D eigenvalue weighted by Gasteiger charge is -2.08. The summed E-state index contributed by atoms with van der Waals surface area (Å²) in [5, 5.41) is 15.9. The maximum absolute atomic E-state index is 11.9. The molecule has 2 aromatic carbocycles. The molecule has 0 aromatic heterocycles. The predicted octanol–water partition coefficient (Wildman–Crippen LogP) is 3.96. The first kappa shape index (κ1) is 23.0. The van der Waals surface area contributed by atoms with Crippen molar-refractivity contribution in [3.8, 4) is 0 Å². The van der Waals surface area contributed by atoms with Gasteiger partial charge in [0.15, 0.2) is 6.61 Å². The molecule has 10 heteroatoms. The highest BCUT2D eigenvalue weighted by molar-refractivity contribution is 9.10. The van der Waals surface area contributed by atoms with Gasteiger partial charge < -0.3 is 15.4 Å². The van der Waals surface area contributed by atoms with Crippen LogP contribution in [-0.4, -0.2) is 29.3 Å². The Balaban J connectivity index is 1.67. The van der Waals surface area contributed by atoms with Crippen molar-refractivity contribution in [1.82, 2.24) is 0 Å². The molecular formula is C20H20BrN3O6. The summed E-state index contributed by atoms with van der Waals surface area (Å²) >= 11 is 3.37. The van der Waals surface area contributed by atoms with Crippen LogP contribution in [0.5, 0.6) is 0 Å². The van der Waals surface area contributed by atoms with E-state index >= 15 is 0 Å². The summed E-state index contributed by atoms with van der Waals surface area (Å²) in [4.78, 5) is 45.7. The number of amides is 2. The van der Waals surface area contributed by atoms with E-state index in [1.165, 1.54) is 24.3 Å². The first-order chi connectivity index (χ1) is 14.2. The van der Waals surface area contributed by atoms with E-state index in [9.17, 15) is 24.5 Å². The molecule has 0 radical (unpaired) electrons. The van der Waals surface area contributed by atoms with Gasteiger partial charge in [0.05, 0.1) is 4.92 Å². The van der Waals surface area contributed by atoms with Crippen LogP contribution in [0, 0.1) is 17.0 Å². The summed E-state index contributed by atoms with van der Waals surface area (Å²) < 4.78 is 5.82. The number of rotatable bonds is 9. The van der Waals surface area contributed by atoms with E-state index in [2.05, 4.69) is 26.6 Å². The van der Waals surface area contributed by atoms with Gasteiger partial charge in [0.25, 0.3) is 11.6 Å². The topological polar surface area (TPSA) is 128 Å². The first-order valence-corrected chi connectivity index (χ1v) is 9.80. The van der Waals surface area contributed by atoms with Crippen LogP contribution in [0.1, 0.15) is 24.8 Å². The van der Waals surface area contributed by atoms with Crippen molar-refractivity contribution >= 4 is 50.8 Å². The number of nitrogens with one attached hydrogen (secondary N) is 2. The van der Waals surface area contributed by atoms with Crippen LogP contribution in [0.25, 0.3) is 0 Å². The maximum atomic E-state index is 11.9. The molecule has 0 aliphatic rings. The average Bonchev–Trinajstić information content (AvgIpc) is 2.69. The molecule has 30 heavy (non-hydrogen) atoms. The Morgan fingerprint density at radius 3 is 2.43 bits per heavy atom. The van der Waals surface area contributed by atoms with Gasteiger partial charge in [0, 0.05) is 40.8 Å². The van der Waals surface area contributed by atoms with E-state index in [0.717, 1.165) is 10.0 Å². The Labute approximate surface area is 181 Å². The summed E-state index contributed by atoms with van der Waals surface area (Å²) in [6.45, 7) is 1.46. The summed E-state index contributed by atoms with van der Waals surface area (Å²) in [5.41, 5.74) is 1.72. The van der Waals surface area contributed by atoms with Crippen molar-refractivity contribution in [2.24, 2.45) is 0 Å². The number of anilines is 2. The standard InChI is InChI=1S/C20H20BrN3O6/c1-13-10-15(8-9-17(13)21)23-19(26)12-30-20(27)7-3-6-18(25)22-14-4-2-5-16(11-14)24(28)29/h2,4-5,8-11H,3,6-7,12H2,1H3,(H,22,25)(H,23,26). The molecule has 0 spiro atoms. The van der Waals surface area contributed by atoms with Gasteiger partial charge in [-0.25, -0.2) is 0 Å². The second-order valence-electron chi connectivity index (χ2n) is 6.38. The third-order valence-electron chi connectivity index (χ3n) is 3.93. The van der Waals surface area contributed by atoms with Crippen LogP contribution < -0.4 is 10.6 Å². The first-order valence-electron chi connectivity index (χ1n) is 9.00. The van der Waals surface area contributed by atoms with E-state index in [1.54, 1.807) is 18.2 Å². The lowest BCUT2D eigenvalue weighted by Crippen LogP contribution is -2.21. The van der Waals surface area contributed by atoms with E-state index in [4.69, 9.17) is 4.74 Å². The summed E-state index contributed by atoms with van der Waals surface area (Å²) in [5.74, 6) is -1.44. The summed E-state index contributed by atoms with van der Waals surface area (Å²) in [6, 6.07) is 10.9. The Kier molecular flexibility index (Phi) is 8.48. The van der Waals surface area contributed by atoms with Gasteiger partial charge >= 0.3 is 5.97 Å². The van der Waals surface area contributed by atoms with Gasteiger partial charge in [-0.05, 0) is 43.2 Å². The number of hydrogen-bond acceptors (Lipinski definition) is 6. The minimum Gasteiger partial charge on any atom is -0.456 e. The highest BCUT2D eigenvalue weighted by Crippen LogP contribution is 2.20. The van der Waals surface area contributed by atoms with Crippen molar-refractivity contribution in [1.29, 1.82) is 0 Å². The van der Waals surface area contributed by atoms with Gasteiger partial charge in [-0.3, -0.25) is 24.5 Å². The molecule has 0 unspecified atom stereocenters. The second kappa shape index (κ2) is 11.1. The molecule has 0 fully saturated rings. The molecule has 0 saturated carbocycles. The third kappa shape index (κ3) is 7.63. The van der Waals surface area contributed by atoms with Crippen LogP contribution in [0.4, 0.5) is 17.1 Å². The number of hydrogen-bond donors (Lipinski definition) is 2. The largest absolute Gasteiger partial charge is 0.456 e. The van der Waals surface area contributed by atoms with Crippen LogP contribution in [0.3, 0.4) is 0 Å². The van der Waals surface area contributed by atoms with Crippen molar-refractivity contribution in [3.05, 3.63) is 62.6 Å². The number of non-ortho nitro benzene ring substituents is 1. The van der Waals surface area contributed by atoms with Crippen molar-refractivity contribution in [2.75, 3.05) is 17.2 Å². The van der Waals surface area contributed by atoms with Crippen LogP contribution in [0.15, 0.2) is 46.9 Å². The van der Waals surface area contributed by atoms with E-state index < -0.39 is 23.4 Å². The van der Waals surface area contributed by atoms with E-state index in [1.807, 2.05) is 6.92 Å². The number of aryl methyl sites for hydroxylation is 1. The molecule has 0 saturated heterocycles. The quantitative estimate of drug-likeness (QED) is 0.319. The van der Waals surface area contributed by atoms with Crippen molar-refractivity contribution in [2.45, 2.75) is 26.2 Å². The SMILES string of the molecule is Cc1cc(NC(=O)COC(=O)CCCC(=O)Nc2cccc([N+](=O)[O-])c2)ccc1Br. The normalized spacial score (nSPS) is 10.2. The van der Waals surface area contributed by atoms with E-state index in [0.29, 0.717) is 11.4 Å². The summed E-state index contributed by atoms with van der Waals surface area (Å²) in [6.07, 6.45) is 0.211. The Bertz CT molecular complexity index is 963. The fourth-order valence-electron chi connectivity index (χ4n) is 2.45. The Morgan fingerprint density at radius 2 is 1.73 bits per heavy atom. The fraction of sp³-hybridized carbons (Fsp3) is 0.250. The van der Waals surface area contributed by atoms with Crippen LogP contribution in [-0.2, 0) is 19.1 Å². The van der Waals surface area contributed by atoms with Gasteiger partial charge in [0.2, 0.25) is 5.91 Å². The number of carbonyl (C=O) groups is 3. The van der Waals surface area contributed by atoms with Gasteiger partial charge in [-0.15, -0.1) is 0 Å². The highest BCUT2D eigenvalue weighted by Gasteiger charge is 2.11. The molecular weight excluding hydrogens is 458 g/mol. The maximum Gasteiger partial charge on any atom is 0.306 e. The molecule has 2 rings (SSSR count). The molecule has 0 heterocycles. The van der Waals surface area contributed by atoms with Crippen molar-refractivity contribution in [3.63, 3.8) is 0 Å². The lowest BCUT2D eigenvalue weighted by molar-refractivity contribution is -0.384. The monoisotopic (exact) mass is 477 g/mol. The zero-order chi connectivity index (χ0) is 22.1. The fourth-order valence-corrected chi connectivity index (χ4v) is 2.70. The zero-order valence-corrected chi connectivity index (χ0v) is 17.7. The third-order valence-corrected chi connectivity index (χ3v) is 4.82. The van der Waals surface area contributed by atoms with Crippen molar-refractivity contribution < 1.29 is 24.0 Å². The molecule has 2 aromatic rings. The van der Waals surface area contributed by atoms with Gasteiger partial charge in [0.1, 0.15) is 0 Å². The Morgan fingerprint density at radius 1 is 1.03 bits per heavy atom. The van der Waals surface area contributed by atoms with E-state index in [-0.39, 0.29) is 30.9 Å². The molecule has 2 N–H and O–H groups in total. The number of carbonyl (C=O) groups excluding carboxylic acids is 3. The number of benzene rings is 2. The minimum absolute atomic E-state index is 0.0299. The molecule has 2 amide bonds. The number of halogens is 1. The summed E-state index contributed by atoms with van der Waals surface area (Å²) in [7, 11) is 0. The average molecular weight is 478 g/mol. The smallest absolute Gasteiger partial charge is 0.306 e. The molecule has 9 nitrogen and oxygen atoms in total. The number of ether oxygens (including phenoxy) is 1. The number of nitrogens with zero attached hydrogens (tertiary/aromatic N) is 1. The number of nitro benzene ring substituents is 1. The Hall–Kier alpha value is -3.27. The van der Waals surface area contributed by atoms with Gasteiger partial charge in [-0.2, -0.15) is 0 Å². The molecule has 158 valence electrons. The molecule has 0 bridgehead atoms. The molecule has 0 atom stereocenters. The highest BCUT2D eigenvalue weighted by atomic mass is 79.9. The number of nitro groups is 1. The predicted molar refractivity (Wildman–Crippen MR) is 114 cm³/mol. The molecule has 0 aliphatic heterocycles. The lowest BCUT2D eigenvalue weighted by atomic mass is 10.2. The zero-order valence-electron chi connectivity index (χ0n) is 16.1. The molecule has 0 aliphatic carbocycles.